The SMILES string of the molecule is Cc1cccc(O[C@H](C)C(=O)Nc2ccc(Sc3ccc([N+](=O)[O-])cc3)cc2)c1. The molecule has 6 nitrogen and oxygen atoms in total. The van der Waals surface area contributed by atoms with Crippen LogP contribution in [0.25, 0.3) is 0 Å². The molecule has 148 valence electrons. The smallest absolute Gasteiger partial charge is 0.269 e. The molecule has 0 saturated heterocycles. The number of carbonyl (C=O) groups is 1. The molecule has 0 heterocycles. The van der Waals surface area contributed by atoms with E-state index in [1.165, 1.54) is 23.9 Å². The van der Waals surface area contributed by atoms with Crippen LogP contribution in [0.1, 0.15) is 12.5 Å². The molecule has 0 unspecified atom stereocenters. The Labute approximate surface area is 173 Å². The number of carbonyl (C=O) groups excluding carboxylic acids is 1. The van der Waals surface area contributed by atoms with Crippen molar-refractivity contribution in [2.45, 2.75) is 29.7 Å². The number of non-ortho nitro benzene ring substituents is 1. The lowest BCUT2D eigenvalue weighted by molar-refractivity contribution is -0.384. The number of nitro groups is 1. The van der Waals surface area contributed by atoms with E-state index in [1.807, 2.05) is 55.5 Å². The molecule has 0 aromatic heterocycles. The second kappa shape index (κ2) is 9.25. The van der Waals surface area contributed by atoms with Crippen LogP contribution in [0.5, 0.6) is 5.75 Å². The number of hydrogen-bond donors (Lipinski definition) is 1. The summed E-state index contributed by atoms with van der Waals surface area (Å²) in [5.41, 5.74) is 1.80. The number of ether oxygens (including phenoxy) is 1. The van der Waals surface area contributed by atoms with Crippen molar-refractivity contribution < 1.29 is 14.5 Å². The van der Waals surface area contributed by atoms with E-state index < -0.39 is 11.0 Å². The van der Waals surface area contributed by atoms with Gasteiger partial charge in [-0.15, -0.1) is 0 Å². The van der Waals surface area contributed by atoms with Crippen molar-refractivity contribution in [1.29, 1.82) is 0 Å². The van der Waals surface area contributed by atoms with E-state index in [-0.39, 0.29) is 11.6 Å². The number of hydrogen-bond acceptors (Lipinski definition) is 5. The highest BCUT2D eigenvalue weighted by Gasteiger charge is 2.15. The summed E-state index contributed by atoms with van der Waals surface area (Å²) in [6.45, 7) is 3.67. The van der Waals surface area contributed by atoms with E-state index in [0.717, 1.165) is 15.4 Å². The molecule has 0 aliphatic rings. The normalized spacial score (nSPS) is 11.5. The fourth-order valence-electron chi connectivity index (χ4n) is 2.57. The average molecular weight is 408 g/mol. The zero-order valence-electron chi connectivity index (χ0n) is 16.0. The van der Waals surface area contributed by atoms with Gasteiger partial charge in [-0.05, 0) is 67.9 Å². The fraction of sp³-hybridized carbons (Fsp3) is 0.136. The fourth-order valence-corrected chi connectivity index (χ4v) is 3.38. The topological polar surface area (TPSA) is 81.5 Å². The summed E-state index contributed by atoms with van der Waals surface area (Å²) in [5.74, 6) is 0.421. The number of nitro benzene ring substituents is 1. The zero-order chi connectivity index (χ0) is 20.8. The van der Waals surface area contributed by atoms with E-state index in [0.29, 0.717) is 11.4 Å². The summed E-state index contributed by atoms with van der Waals surface area (Å²) < 4.78 is 5.69. The Balaban J connectivity index is 1.56. The minimum atomic E-state index is -0.633. The van der Waals surface area contributed by atoms with E-state index in [2.05, 4.69) is 5.32 Å². The van der Waals surface area contributed by atoms with Crippen molar-refractivity contribution in [3.05, 3.63) is 88.5 Å². The third-order valence-electron chi connectivity index (χ3n) is 4.08. The van der Waals surface area contributed by atoms with Crippen LogP contribution in [-0.4, -0.2) is 16.9 Å². The third-order valence-corrected chi connectivity index (χ3v) is 5.09. The lowest BCUT2D eigenvalue weighted by Gasteiger charge is -2.15. The molecule has 29 heavy (non-hydrogen) atoms. The van der Waals surface area contributed by atoms with Crippen LogP contribution >= 0.6 is 11.8 Å². The Bertz CT molecular complexity index is 1000. The van der Waals surface area contributed by atoms with Gasteiger partial charge in [-0.2, -0.15) is 0 Å². The molecule has 0 aliphatic carbocycles. The largest absolute Gasteiger partial charge is 0.481 e. The number of nitrogens with one attached hydrogen (secondary N) is 1. The molecule has 0 spiro atoms. The van der Waals surface area contributed by atoms with Crippen molar-refractivity contribution >= 4 is 29.0 Å². The summed E-state index contributed by atoms with van der Waals surface area (Å²) in [4.78, 5) is 24.5. The van der Waals surface area contributed by atoms with E-state index >= 15 is 0 Å². The first-order chi connectivity index (χ1) is 13.9. The van der Waals surface area contributed by atoms with Crippen molar-refractivity contribution in [2.75, 3.05) is 5.32 Å². The molecule has 7 heteroatoms. The first-order valence-corrected chi connectivity index (χ1v) is 9.79. The van der Waals surface area contributed by atoms with Gasteiger partial charge in [0.2, 0.25) is 0 Å². The number of rotatable bonds is 7. The van der Waals surface area contributed by atoms with Crippen LogP contribution in [0.2, 0.25) is 0 Å². The molecule has 0 saturated carbocycles. The monoisotopic (exact) mass is 408 g/mol. The predicted molar refractivity (Wildman–Crippen MR) is 114 cm³/mol. The van der Waals surface area contributed by atoms with Crippen molar-refractivity contribution in [3.8, 4) is 5.75 Å². The van der Waals surface area contributed by atoms with E-state index in [1.54, 1.807) is 19.1 Å². The Morgan fingerprint density at radius 3 is 2.24 bits per heavy atom. The summed E-state index contributed by atoms with van der Waals surface area (Å²) in [5, 5.41) is 13.6. The van der Waals surface area contributed by atoms with Crippen LogP contribution in [0.15, 0.2) is 82.6 Å². The molecule has 0 bridgehead atoms. The summed E-state index contributed by atoms with van der Waals surface area (Å²) in [6.07, 6.45) is -0.633. The highest BCUT2D eigenvalue weighted by atomic mass is 32.2. The Morgan fingerprint density at radius 2 is 1.66 bits per heavy atom. The van der Waals surface area contributed by atoms with E-state index in [9.17, 15) is 14.9 Å². The van der Waals surface area contributed by atoms with Crippen LogP contribution in [-0.2, 0) is 4.79 Å². The van der Waals surface area contributed by atoms with Gasteiger partial charge in [0.15, 0.2) is 6.10 Å². The molecule has 3 aromatic rings. The molecule has 3 rings (SSSR count). The minimum Gasteiger partial charge on any atom is -0.481 e. The number of amides is 1. The summed E-state index contributed by atoms with van der Waals surface area (Å²) in [7, 11) is 0. The Hall–Kier alpha value is -3.32. The first kappa shape index (κ1) is 20.4. The predicted octanol–water partition coefficient (Wildman–Crippen LogP) is 5.46. The van der Waals surface area contributed by atoms with Crippen LogP contribution in [0.4, 0.5) is 11.4 Å². The lowest BCUT2D eigenvalue weighted by Crippen LogP contribution is -2.30. The van der Waals surface area contributed by atoms with Gasteiger partial charge < -0.3 is 10.1 Å². The first-order valence-electron chi connectivity index (χ1n) is 8.97. The number of benzene rings is 3. The number of anilines is 1. The molecule has 0 fully saturated rings. The average Bonchev–Trinajstić information content (AvgIpc) is 2.70. The quantitative estimate of drug-likeness (QED) is 0.415. The maximum atomic E-state index is 12.4. The second-order valence-corrected chi connectivity index (χ2v) is 7.59. The molecule has 0 aliphatic heterocycles. The lowest BCUT2D eigenvalue weighted by atomic mass is 10.2. The highest BCUT2D eigenvalue weighted by Crippen LogP contribution is 2.29. The summed E-state index contributed by atoms with van der Waals surface area (Å²) in [6, 6.07) is 21.3. The van der Waals surface area contributed by atoms with Crippen LogP contribution in [0, 0.1) is 17.0 Å². The highest BCUT2D eigenvalue weighted by molar-refractivity contribution is 7.99. The van der Waals surface area contributed by atoms with Crippen molar-refractivity contribution in [1.82, 2.24) is 0 Å². The van der Waals surface area contributed by atoms with Gasteiger partial charge in [0.05, 0.1) is 4.92 Å². The van der Waals surface area contributed by atoms with Gasteiger partial charge in [-0.1, -0.05) is 23.9 Å². The molecule has 3 aromatic carbocycles. The Morgan fingerprint density at radius 1 is 1.03 bits per heavy atom. The van der Waals surface area contributed by atoms with Gasteiger partial charge in [0.25, 0.3) is 11.6 Å². The third kappa shape index (κ3) is 5.83. The Kier molecular flexibility index (Phi) is 6.51. The van der Waals surface area contributed by atoms with Gasteiger partial charge >= 0.3 is 0 Å². The van der Waals surface area contributed by atoms with Crippen molar-refractivity contribution in [2.24, 2.45) is 0 Å². The maximum absolute atomic E-state index is 12.4. The van der Waals surface area contributed by atoms with Gasteiger partial charge in [0.1, 0.15) is 5.75 Å². The van der Waals surface area contributed by atoms with Crippen LogP contribution < -0.4 is 10.1 Å². The zero-order valence-corrected chi connectivity index (χ0v) is 16.8. The molecule has 1 N–H and O–H groups in total. The second-order valence-electron chi connectivity index (χ2n) is 6.44. The standard InChI is InChI=1S/C22H20N2O4S/c1-15-4-3-5-19(14-15)28-16(2)22(25)23-17-6-10-20(11-7-17)29-21-12-8-18(9-13-21)24(26)27/h3-14,16H,1-2H3,(H,23,25)/t16-/m1/s1. The van der Waals surface area contributed by atoms with Gasteiger partial charge in [-0.3, -0.25) is 14.9 Å². The minimum absolute atomic E-state index is 0.0643. The van der Waals surface area contributed by atoms with Gasteiger partial charge in [0, 0.05) is 27.6 Å². The molecular formula is C22H20N2O4S. The van der Waals surface area contributed by atoms with E-state index in [4.69, 9.17) is 4.74 Å². The number of aryl methyl sites for hydroxylation is 1. The van der Waals surface area contributed by atoms with Crippen LogP contribution in [0.3, 0.4) is 0 Å². The molecule has 1 atom stereocenters. The summed E-state index contributed by atoms with van der Waals surface area (Å²) >= 11 is 1.49. The number of nitrogens with zero attached hydrogens (tertiary/aromatic N) is 1. The maximum Gasteiger partial charge on any atom is 0.269 e. The molecule has 1 amide bonds. The van der Waals surface area contributed by atoms with Crippen molar-refractivity contribution in [3.63, 3.8) is 0 Å². The molecule has 0 radical (unpaired) electrons. The van der Waals surface area contributed by atoms with Gasteiger partial charge in [-0.25, -0.2) is 0 Å². The molecular weight excluding hydrogens is 388 g/mol.